The molecule has 8 heteroatoms. The molecular formula is C32H44N4O4. The largest absolute Gasteiger partial charge is 0.351 e. The minimum atomic E-state index is -0.788. The SMILES string of the molecule is C=CC(=O)[C@@H](NC(=O)[C@@H]1[C@@H]2[C@H](CN1C(=O)[C@H](CC(C)C)NC(=O)c1cc3c(C)cccc3[nH]1)C2(C)C)C(C)(C)C. The number of rotatable bonds is 9. The quantitative estimate of drug-likeness (QED) is 0.404. The fourth-order valence-electron chi connectivity index (χ4n) is 6.43. The van der Waals surface area contributed by atoms with E-state index in [0.29, 0.717) is 18.7 Å². The monoisotopic (exact) mass is 548 g/mol. The van der Waals surface area contributed by atoms with Gasteiger partial charge in [-0.15, -0.1) is 0 Å². The third-order valence-corrected chi connectivity index (χ3v) is 8.84. The number of hydrogen-bond donors (Lipinski definition) is 3. The number of aryl methyl sites for hydroxylation is 1. The molecular weight excluding hydrogens is 504 g/mol. The molecule has 2 fully saturated rings. The average Bonchev–Trinajstić information content (AvgIpc) is 3.24. The van der Waals surface area contributed by atoms with Crippen LogP contribution in [0.1, 0.15) is 70.9 Å². The van der Waals surface area contributed by atoms with Crippen molar-refractivity contribution >= 4 is 34.4 Å². The van der Waals surface area contributed by atoms with E-state index in [4.69, 9.17) is 0 Å². The number of benzene rings is 1. The highest BCUT2D eigenvalue weighted by Gasteiger charge is 2.69. The summed E-state index contributed by atoms with van der Waals surface area (Å²) >= 11 is 0. The van der Waals surface area contributed by atoms with Gasteiger partial charge in [0.15, 0.2) is 5.78 Å². The molecule has 1 saturated heterocycles. The molecule has 216 valence electrons. The van der Waals surface area contributed by atoms with Crippen molar-refractivity contribution in [2.24, 2.45) is 28.6 Å². The van der Waals surface area contributed by atoms with E-state index >= 15 is 0 Å². The first-order valence-electron chi connectivity index (χ1n) is 14.2. The summed E-state index contributed by atoms with van der Waals surface area (Å²) in [6, 6.07) is 5.39. The highest BCUT2D eigenvalue weighted by molar-refractivity contribution is 6.02. The Balaban J connectivity index is 1.59. The van der Waals surface area contributed by atoms with Gasteiger partial charge >= 0.3 is 0 Å². The van der Waals surface area contributed by atoms with Crippen LogP contribution in [-0.4, -0.2) is 58.1 Å². The maximum atomic E-state index is 14.1. The fourth-order valence-corrected chi connectivity index (χ4v) is 6.43. The number of likely N-dealkylation sites (tertiary alicyclic amines) is 1. The number of nitrogens with zero attached hydrogens (tertiary/aromatic N) is 1. The number of fused-ring (bicyclic) bond motifs is 2. The van der Waals surface area contributed by atoms with Crippen molar-refractivity contribution in [2.75, 3.05) is 6.54 Å². The second kappa shape index (κ2) is 10.5. The lowest BCUT2D eigenvalue weighted by molar-refractivity contribution is -0.143. The summed E-state index contributed by atoms with van der Waals surface area (Å²) in [5.74, 6) is -0.908. The molecule has 2 heterocycles. The van der Waals surface area contributed by atoms with E-state index in [1.54, 1.807) is 4.90 Å². The van der Waals surface area contributed by atoms with Gasteiger partial charge in [0.2, 0.25) is 11.8 Å². The Morgan fingerprint density at radius 2 is 1.85 bits per heavy atom. The molecule has 40 heavy (non-hydrogen) atoms. The van der Waals surface area contributed by atoms with Gasteiger partial charge in [0.1, 0.15) is 17.8 Å². The normalized spacial score (nSPS) is 22.9. The molecule has 0 radical (unpaired) electrons. The number of aromatic amines is 1. The first kappa shape index (κ1) is 29.6. The number of carbonyl (C=O) groups is 4. The minimum absolute atomic E-state index is 0.0111. The molecule has 0 unspecified atom stereocenters. The Hall–Kier alpha value is -3.42. The summed E-state index contributed by atoms with van der Waals surface area (Å²) < 4.78 is 0. The van der Waals surface area contributed by atoms with Crippen LogP contribution in [0.25, 0.3) is 10.9 Å². The molecule has 3 N–H and O–H groups in total. The smallest absolute Gasteiger partial charge is 0.268 e. The second-order valence-corrected chi connectivity index (χ2v) is 13.7. The van der Waals surface area contributed by atoms with E-state index in [1.807, 2.05) is 65.8 Å². The lowest BCUT2D eigenvalue weighted by Gasteiger charge is -2.36. The zero-order valence-electron chi connectivity index (χ0n) is 25.1. The van der Waals surface area contributed by atoms with Crippen LogP contribution in [0.2, 0.25) is 0 Å². The Bertz CT molecular complexity index is 1350. The van der Waals surface area contributed by atoms with E-state index in [2.05, 4.69) is 36.0 Å². The minimum Gasteiger partial charge on any atom is -0.351 e. The fraction of sp³-hybridized carbons (Fsp3) is 0.562. The number of aromatic nitrogens is 1. The molecule has 3 amide bonds. The second-order valence-electron chi connectivity index (χ2n) is 13.7. The number of hydrogen-bond acceptors (Lipinski definition) is 4. The van der Waals surface area contributed by atoms with Crippen LogP contribution in [-0.2, 0) is 14.4 Å². The van der Waals surface area contributed by atoms with Gasteiger partial charge in [-0.1, -0.05) is 67.2 Å². The zero-order valence-corrected chi connectivity index (χ0v) is 25.1. The van der Waals surface area contributed by atoms with E-state index in [1.165, 1.54) is 6.08 Å². The van der Waals surface area contributed by atoms with Crippen molar-refractivity contribution in [2.45, 2.75) is 79.9 Å². The van der Waals surface area contributed by atoms with Gasteiger partial charge in [0.05, 0.1) is 6.04 Å². The number of ketones is 1. The molecule has 1 aliphatic carbocycles. The predicted octanol–water partition coefficient (Wildman–Crippen LogP) is 4.39. The van der Waals surface area contributed by atoms with E-state index < -0.39 is 23.5 Å². The lowest BCUT2D eigenvalue weighted by Crippen LogP contribution is -2.59. The molecule has 4 rings (SSSR count). The molecule has 1 aromatic carbocycles. The molecule has 2 aromatic rings. The molecule has 5 atom stereocenters. The van der Waals surface area contributed by atoms with Gasteiger partial charge in [0, 0.05) is 17.4 Å². The van der Waals surface area contributed by atoms with E-state index in [0.717, 1.165) is 16.5 Å². The third kappa shape index (κ3) is 5.45. The topological polar surface area (TPSA) is 111 Å². The van der Waals surface area contributed by atoms with Crippen molar-refractivity contribution in [1.82, 2.24) is 20.5 Å². The van der Waals surface area contributed by atoms with Crippen LogP contribution in [0.15, 0.2) is 36.9 Å². The standard InChI is InChI=1S/C32H44N4O4/c1-10-24(37)27(31(5,6)7)35-29(39)26-25-20(32(25,8)9)16-36(26)30(40)23(14-17(2)3)34-28(38)22-15-19-18(4)12-11-13-21(19)33-22/h10-13,15,17,20,23,25-27,33H,1,14,16H2,2-9H3,(H,34,38)(H,35,39)/t20-,23-,25-,26-,27+/m0/s1. The molecule has 8 nitrogen and oxygen atoms in total. The number of carbonyl (C=O) groups excluding carboxylic acids is 4. The highest BCUT2D eigenvalue weighted by atomic mass is 16.2. The summed E-state index contributed by atoms with van der Waals surface area (Å²) in [6.45, 7) is 19.9. The highest BCUT2D eigenvalue weighted by Crippen LogP contribution is 2.65. The van der Waals surface area contributed by atoms with E-state index in [9.17, 15) is 19.2 Å². The van der Waals surface area contributed by atoms with Crippen LogP contribution in [0.5, 0.6) is 0 Å². The Kier molecular flexibility index (Phi) is 7.78. The van der Waals surface area contributed by atoms with Crippen LogP contribution in [0.3, 0.4) is 0 Å². The molecule has 1 aromatic heterocycles. The predicted molar refractivity (Wildman–Crippen MR) is 157 cm³/mol. The molecule has 0 spiro atoms. The zero-order chi connectivity index (χ0) is 29.7. The van der Waals surface area contributed by atoms with Crippen LogP contribution < -0.4 is 10.6 Å². The Labute approximate surface area is 237 Å². The maximum absolute atomic E-state index is 14.1. The van der Waals surface area contributed by atoms with Crippen molar-refractivity contribution in [3.8, 4) is 0 Å². The average molecular weight is 549 g/mol. The number of nitrogens with one attached hydrogen (secondary N) is 3. The van der Waals surface area contributed by atoms with E-state index in [-0.39, 0.29) is 46.7 Å². The number of amides is 3. The summed E-state index contributed by atoms with van der Waals surface area (Å²) in [7, 11) is 0. The molecule has 0 bridgehead atoms. The maximum Gasteiger partial charge on any atom is 0.268 e. The Morgan fingerprint density at radius 1 is 1.18 bits per heavy atom. The summed E-state index contributed by atoms with van der Waals surface area (Å²) in [5.41, 5.74) is 1.69. The first-order valence-corrected chi connectivity index (χ1v) is 14.2. The van der Waals surface area contributed by atoms with Crippen molar-refractivity contribution in [1.29, 1.82) is 0 Å². The first-order chi connectivity index (χ1) is 18.6. The van der Waals surface area contributed by atoms with Gasteiger partial charge in [0.25, 0.3) is 5.91 Å². The van der Waals surface area contributed by atoms with Gasteiger partial charge in [-0.3, -0.25) is 19.2 Å². The third-order valence-electron chi connectivity index (χ3n) is 8.84. The van der Waals surface area contributed by atoms with Gasteiger partial charge < -0.3 is 20.5 Å². The van der Waals surface area contributed by atoms with Crippen molar-refractivity contribution in [3.63, 3.8) is 0 Å². The van der Waals surface area contributed by atoms with Gasteiger partial charge in [-0.2, -0.15) is 0 Å². The number of H-pyrrole nitrogens is 1. The molecule has 2 aliphatic rings. The Morgan fingerprint density at radius 3 is 2.42 bits per heavy atom. The molecule has 1 saturated carbocycles. The lowest BCUT2D eigenvalue weighted by atomic mass is 9.83. The van der Waals surface area contributed by atoms with Crippen LogP contribution in [0.4, 0.5) is 0 Å². The van der Waals surface area contributed by atoms with Crippen LogP contribution in [0, 0.1) is 35.5 Å². The van der Waals surface area contributed by atoms with Crippen molar-refractivity contribution in [3.05, 3.63) is 48.2 Å². The number of piperidine rings is 1. The van der Waals surface area contributed by atoms with Gasteiger partial charge in [-0.05, 0) is 65.7 Å². The summed E-state index contributed by atoms with van der Waals surface area (Å²) in [5, 5.41) is 6.87. The van der Waals surface area contributed by atoms with Gasteiger partial charge in [-0.25, -0.2) is 0 Å². The van der Waals surface area contributed by atoms with Crippen molar-refractivity contribution < 1.29 is 19.2 Å². The molecule has 1 aliphatic heterocycles. The van der Waals surface area contributed by atoms with Crippen LogP contribution >= 0.6 is 0 Å². The summed E-state index contributed by atoms with van der Waals surface area (Å²) in [6.07, 6.45) is 1.67. The summed E-state index contributed by atoms with van der Waals surface area (Å²) in [4.78, 5) is 58.7.